The van der Waals surface area contributed by atoms with Crippen LogP contribution in [-0.4, -0.2) is 18.3 Å². The SMILES string of the molecule is CC(C)c1ccc2c(c1)SC(C)(C)CN2C. The van der Waals surface area contributed by atoms with E-state index in [-0.39, 0.29) is 0 Å². The molecule has 0 amide bonds. The molecule has 0 N–H and O–H groups in total. The van der Waals surface area contributed by atoms with E-state index in [0.29, 0.717) is 10.7 Å². The zero-order valence-electron chi connectivity index (χ0n) is 10.9. The highest BCUT2D eigenvalue weighted by atomic mass is 32.2. The molecule has 0 bridgehead atoms. The van der Waals surface area contributed by atoms with Crippen LogP contribution in [0.15, 0.2) is 23.1 Å². The van der Waals surface area contributed by atoms with Crippen molar-refractivity contribution in [3.8, 4) is 0 Å². The lowest BCUT2D eigenvalue weighted by atomic mass is 10.0. The maximum atomic E-state index is 2.37. The molecular weight excluding hydrogens is 214 g/mol. The smallest absolute Gasteiger partial charge is 0.0502 e. The third-order valence-corrected chi connectivity index (χ3v) is 4.29. The van der Waals surface area contributed by atoms with E-state index in [1.165, 1.54) is 16.1 Å². The number of anilines is 1. The molecule has 0 fully saturated rings. The van der Waals surface area contributed by atoms with Gasteiger partial charge in [-0.25, -0.2) is 0 Å². The number of rotatable bonds is 1. The first kappa shape index (κ1) is 11.8. The lowest BCUT2D eigenvalue weighted by molar-refractivity contribution is 0.675. The minimum Gasteiger partial charge on any atom is -0.372 e. The van der Waals surface area contributed by atoms with Gasteiger partial charge in [-0.05, 0) is 37.5 Å². The second-order valence-electron chi connectivity index (χ2n) is 5.60. The van der Waals surface area contributed by atoms with Crippen molar-refractivity contribution in [1.29, 1.82) is 0 Å². The largest absolute Gasteiger partial charge is 0.372 e. The van der Waals surface area contributed by atoms with Crippen molar-refractivity contribution in [2.75, 3.05) is 18.5 Å². The van der Waals surface area contributed by atoms with E-state index in [9.17, 15) is 0 Å². The molecule has 2 heteroatoms. The van der Waals surface area contributed by atoms with Gasteiger partial charge in [0, 0.05) is 23.2 Å². The van der Waals surface area contributed by atoms with Crippen LogP contribution in [-0.2, 0) is 0 Å². The standard InChI is InChI=1S/C14H21NS/c1-10(2)11-6-7-12-13(8-11)16-14(3,4)9-15(12)5/h6-8,10H,9H2,1-5H3. The molecule has 1 aromatic carbocycles. The molecule has 0 spiro atoms. The number of thioether (sulfide) groups is 1. The summed E-state index contributed by atoms with van der Waals surface area (Å²) in [6.45, 7) is 10.3. The van der Waals surface area contributed by atoms with E-state index in [4.69, 9.17) is 0 Å². The lowest BCUT2D eigenvalue weighted by Gasteiger charge is -2.38. The third kappa shape index (κ3) is 2.22. The predicted octanol–water partition coefficient (Wildman–Crippen LogP) is 4.13. The Morgan fingerprint density at radius 1 is 1.31 bits per heavy atom. The molecule has 0 unspecified atom stereocenters. The molecule has 1 nitrogen and oxygen atoms in total. The Morgan fingerprint density at radius 2 is 2.00 bits per heavy atom. The molecule has 0 radical (unpaired) electrons. The summed E-state index contributed by atoms with van der Waals surface area (Å²) in [5, 5.41) is 0. The molecular formula is C14H21NS. The van der Waals surface area contributed by atoms with Gasteiger partial charge in [-0.1, -0.05) is 19.9 Å². The van der Waals surface area contributed by atoms with Gasteiger partial charge in [0.2, 0.25) is 0 Å². The Labute approximate surface area is 103 Å². The molecule has 0 saturated carbocycles. The molecule has 1 aliphatic rings. The molecule has 1 aliphatic heterocycles. The summed E-state index contributed by atoms with van der Waals surface area (Å²) in [7, 11) is 2.19. The van der Waals surface area contributed by atoms with Gasteiger partial charge in [0.25, 0.3) is 0 Å². The van der Waals surface area contributed by atoms with E-state index in [1.54, 1.807) is 0 Å². The molecule has 0 aliphatic carbocycles. The Bertz CT molecular complexity index is 396. The average Bonchev–Trinajstić information content (AvgIpc) is 2.14. The number of hydrogen-bond donors (Lipinski definition) is 0. The fraction of sp³-hybridized carbons (Fsp3) is 0.571. The summed E-state index contributed by atoms with van der Waals surface area (Å²) in [5.41, 5.74) is 2.83. The van der Waals surface area contributed by atoms with Crippen LogP contribution in [0.25, 0.3) is 0 Å². The van der Waals surface area contributed by atoms with Crippen molar-refractivity contribution in [1.82, 2.24) is 0 Å². The number of nitrogens with zero attached hydrogens (tertiary/aromatic N) is 1. The van der Waals surface area contributed by atoms with Crippen LogP contribution in [0.4, 0.5) is 5.69 Å². The number of benzene rings is 1. The van der Waals surface area contributed by atoms with Crippen molar-refractivity contribution < 1.29 is 0 Å². The van der Waals surface area contributed by atoms with Gasteiger partial charge in [-0.15, -0.1) is 11.8 Å². The monoisotopic (exact) mass is 235 g/mol. The predicted molar refractivity (Wildman–Crippen MR) is 73.7 cm³/mol. The van der Waals surface area contributed by atoms with Gasteiger partial charge in [0.1, 0.15) is 0 Å². The minimum atomic E-state index is 0.317. The van der Waals surface area contributed by atoms with Crippen molar-refractivity contribution >= 4 is 17.4 Å². The fourth-order valence-corrected chi connectivity index (χ4v) is 3.65. The summed E-state index contributed by atoms with van der Waals surface area (Å²) in [4.78, 5) is 3.81. The summed E-state index contributed by atoms with van der Waals surface area (Å²) < 4.78 is 0.317. The topological polar surface area (TPSA) is 3.24 Å². The maximum Gasteiger partial charge on any atom is 0.0502 e. The second-order valence-corrected chi connectivity index (χ2v) is 7.35. The van der Waals surface area contributed by atoms with Crippen molar-refractivity contribution in [2.24, 2.45) is 0 Å². The molecule has 16 heavy (non-hydrogen) atoms. The first-order chi connectivity index (χ1) is 7.39. The van der Waals surface area contributed by atoms with E-state index in [0.717, 1.165) is 6.54 Å². The normalized spacial score (nSPS) is 18.8. The van der Waals surface area contributed by atoms with Crippen LogP contribution < -0.4 is 4.90 Å². The van der Waals surface area contributed by atoms with Gasteiger partial charge in [0.05, 0.1) is 5.69 Å². The highest BCUT2D eigenvalue weighted by Crippen LogP contribution is 2.44. The molecule has 0 atom stereocenters. The van der Waals surface area contributed by atoms with Crippen LogP contribution in [0, 0.1) is 0 Å². The van der Waals surface area contributed by atoms with Gasteiger partial charge < -0.3 is 4.90 Å². The van der Waals surface area contributed by atoms with Gasteiger partial charge in [-0.2, -0.15) is 0 Å². The van der Waals surface area contributed by atoms with Crippen molar-refractivity contribution in [3.63, 3.8) is 0 Å². The van der Waals surface area contributed by atoms with Crippen LogP contribution in [0.3, 0.4) is 0 Å². The number of fused-ring (bicyclic) bond motifs is 1. The Kier molecular flexibility index (Phi) is 2.95. The van der Waals surface area contributed by atoms with Crippen LogP contribution in [0.1, 0.15) is 39.2 Å². The lowest BCUT2D eigenvalue weighted by Crippen LogP contribution is -2.37. The third-order valence-electron chi connectivity index (χ3n) is 3.07. The maximum absolute atomic E-state index is 2.37. The molecule has 88 valence electrons. The van der Waals surface area contributed by atoms with E-state index < -0.39 is 0 Å². The van der Waals surface area contributed by atoms with Crippen molar-refractivity contribution in [2.45, 2.75) is 43.3 Å². The van der Waals surface area contributed by atoms with Crippen LogP contribution >= 0.6 is 11.8 Å². The number of hydrogen-bond acceptors (Lipinski definition) is 2. The highest BCUT2D eigenvalue weighted by molar-refractivity contribution is 8.00. The van der Waals surface area contributed by atoms with Gasteiger partial charge in [-0.3, -0.25) is 0 Å². The molecule has 0 aromatic heterocycles. The summed E-state index contributed by atoms with van der Waals surface area (Å²) in [6.07, 6.45) is 0. The molecule has 1 heterocycles. The van der Waals surface area contributed by atoms with Crippen LogP contribution in [0.2, 0.25) is 0 Å². The van der Waals surface area contributed by atoms with Gasteiger partial charge in [0.15, 0.2) is 0 Å². The average molecular weight is 235 g/mol. The van der Waals surface area contributed by atoms with E-state index >= 15 is 0 Å². The Morgan fingerprint density at radius 3 is 2.62 bits per heavy atom. The summed E-state index contributed by atoms with van der Waals surface area (Å²) in [6, 6.07) is 6.90. The first-order valence-corrected chi connectivity index (χ1v) is 6.75. The summed E-state index contributed by atoms with van der Waals surface area (Å²) >= 11 is 2.01. The summed E-state index contributed by atoms with van der Waals surface area (Å²) in [5.74, 6) is 0.612. The highest BCUT2D eigenvalue weighted by Gasteiger charge is 2.29. The molecule has 1 aromatic rings. The van der Waals surface area contributed by atoms with Crippen LogP contribution in [0.5, 0.6) is 0 Å². The Hall–Kier alpha value is -0.630. The van der Waals surface area contributed by atoms with E-state index in [2.05, 4.69) is 57.8 Å². The van der Waals surface area contributed by atoms with E-state index in [1.807, 2.05) is 11.8 Å². The van der Waals surface area contributed by atoms with Crippen molar-refractivity contribution in [3.05, 3.63) is 23.8 Å². The minimum absolute atomic E-state index is 0.317. The zero-order chi connectivity index (χ0) is 11.9. The zero-order valence-corrected chi connectivity index (χ0v) is 11.7. The molecule has 2 rings (SSSR count). The fourth-order valence-electron chi connectivity index (χ4n) is 2.27. The Balaban J connectivity index is 2.42. The quantitative estimate of drug-likeness (QED) is 0.720. The first-order valence-electron chi connectivity index (χ1n) is 5.93. The van der Waals surface area contributed by atoms with Gasteiger partial charge >= 0.3 is 0 Å². The second kappa shape index (κ2) is 3.99. The molecule has 0 saturated heterocycles.